The van der Waals surface area contributed by atoms with Crippen LogP contribution in [0.2, 0.25) is 0 Å². The second-order valence-corrected chi connectivity index (χ2v) is 3.01. The number of unbranched alkanes of at least 4 members (excludes halogenated alkanes) is 1. The van der Waals surface area contributed by atoms with E-state index in [-0.39, 0.29) is 0 Å². The van der Waals surface area contributed by atoms with E-state index in [0.29, 0.717) is 24.8 Å². The molecule has 0 amide bonds. The van der Waals surface area contributed by atoms with E-state index in [2.05, 4.69) is 19.1 Å². The minimum Gasteiger partial charge on any atom is -0.391 e. The Labute approximate surface area is 79.2 Å². The maximum atomic E-state index is 5.25. The number of ether oxygens (including phenoxy) is 2. The Kier molecular flexibility index (Phi) is 8.76. The number of hydrogen-bond acceptors (Lipinski definition) is 3. The summed E-state index contributed by atoms with van der Waals surface area (Å²) < 4.78 is 10.3. The second kappa shape index (κ2) is 8.90. The van der Waals surface area contributed by atoms with Gasteiger partial charge in [0.1, 0.15) is 0 Å². The molecule has 0 heterocycles. The van der Waals surface area contributed by atoms with Gasteiger partial charge >= 0.3 is 0 Å². The smallest absolute Gasteiger partial charge is 0.0989 e. The molecule has 0 aliphatic heterocycles. The normalized spacial score (nSPS) is 10.1. The Hall–Kier alpha value is -0.190. The first-order chi connectivity index (χ1) is 5.77. The van der Waals surface area contributed by atoms with Gasteiger partial charge in [-0.3, -0.25) is 0 Å². The lowest BCUT2D eigenvalue weighted by Gasteiger charge is -2.03. The summed E-state index contributed by atoms with van der Waals surface area (Å²) in [5.41, 5.74) is 5.22. The van der Waals surface area contributed by atoms with Crippen molar-refractivity contribution >= 4 is 17.2 Å². The molecule has 0 rings (SSSR count). The molecule has 0 aromatic rings. The van der Waals surface area contributed by atoms with Gasteiger partial charge in [0.2, 0.25) is 0 Å². The molecule has 0 aliphatic carbocycles. The van der Waals surface area contributed by atoms with E-state index in [1.165, 1.54) is 0 Å². The molecule has 0 spiro atoms. The SMILES string of the molecule is CCCCOCCOCC(N)=S. The number of thiocarbonyl (C=S) groups is 1. The molecule has 0 saturated heterocycles. The minimum atomic E-state index is 0.354. The zero-order valence-electron chi connectivity index (χ0n) is 7.54. The van der Waals surface area contributed by atoms with E-state index >= 15 is 0 Å². The fourth-order valence-corrected chi connectivity index (χ4v) is 0.722. The third-order valence-electron chi connectivity index (χ3n) is 1.26. The molecule has 0 aliphatic rings. The van der Waals surface area contributed by atoms with E-state index in [4.69, 9.17) is 15.2 Å². The van der Waals surface area contributed by atoms with Crippen LogP contribution >= 0.6 is 12.2 Å². The Morgan fingerprint density at radius 2 is 1.92 bits per heavy atom. The zero-order chi connectivity index (χ0) is 9.23. The molecule has 0 atom stereocenters. The van der Waals surface area contributed by atoms with Gasteiger partial charge in [-0.1, -0.05) is 25.6 Å². The molecule has 0 fully saturated rings. The molecule has 0 aromatic heterocycles. The fourth-order valence-electron chi connectivity index (χ4n) is 0.639. The molecule has 0 bridgehead atoms. The summed E-state index contributed by atoms with van der Waals surface area (Å²) in [6.45, 7) is 4.50. The van der Waals surface area contributed by atoms with Crippen molar-refractivity contribution in [1.29, 1.82) is 0 Å². The third-order valence-corrected chi connectivity index (χ3v) is 1.38. The Balaban J connectivity index is 2.86. The van der Waals surface area contributed by atoms with Crippen LogP contribution in [0.15, 0.2) is 0 Å². The molecule has 0 radical (unpaired) electrons. The highest BCUT2D eigenvalue weighted by molar-refractivity contribution is 7.80. The van der Waals surface area contributed by atoms with Gasteiger partial charge in [0.05, 0.1) is 24.8 Å². The van der Waals surface area contributed by atoms with E-state index in [0.717, 1.165) is 19.4 Å². The Bertz CT molecular complexity index is 120. The minimum absolute atomic E-state index is 0.354. The predicted molar refractivity (Wildman–Crippen MR) is 53.3 cm³/mol. The molecular weight excluding hydrogens is 174 g/mol. The standard InChI is InChI=1S/C8H17NO2S/c1-2-3-4-10-5-6-11-7-8(9)12/h2-7H2,1H3,(H2,9,12). The molecule has 4 heteroatoms. The van der Waals surface area contributed by atoms with Crippen molar-refractivity contribution in [3.63, 3.8) is 0 Å². The lowest BCUT2D eigenvalue weighted by molar-refractivity contribution is 0.0607. The van der Waals surface area contributed by atoms with Gasteiger partial charge < -0.3 is 15.2 Å². The van der Waals surface area contributed by atoms with Gasteiger partial charge in [0, 0.05) is 6.61 Å². The quantitative estimate of drug-likeness (QED) is 0.461. The maximum absolute atomic E-state index is 5.25. The number of nitrogens with two attached hydrogens (primary N) is 1. The monoisotopic (exact) mass is 191 g/mol. The van der Waals surface area contributed by atoms with Gasteiger partial charge in [0.25, 0.3) is 0 Å². The topological polar surface area (TPSA) is 44.5 Å². The van der Waals surface area contributed by atoms with E-state index in [1.807, 2.05) is 0 Å². The molecule has 0 aromatic carbocycles. The summed E-state index contributed by atoms with van der Waals surface area (Å²) >= 11 is 4.63. The highest BCUT2D eigenvalue weighted by Crippen LogP contribution is 1.87. The average molecular weight is 191 g/mol. The first-order valence-electron chi connectivity index (χ1n) is 4.21. The fraction of sp³-hybridized carbons (Fsp3) is 0.875. The van der Waals surface area contributed by atoms with Crippen LogP contribution in [-0.2, 0) is 9.47 Å². The predicted octanol–water partition coefficient (Wildman–Crippen LogP) is 1.11. The van der Waals surface area contributed by atoms with Crippen LogP contribution in [0.5, 0.6) is 0 Å². The summed E-state index contributed by atoms with van der Waals surface area (Å²) in [6, 6.07) is 0. The van der Waals surface area contributed by atoms with Gasteiger partial charge in [-0.05, 0) is 6.42 Å². The second-order valence-electron chi connectivity index (χ2n) is 2.48. The molecular formula is C8H17NO2S. The van der Waals surface area contributed by atoms with Crippen molar-refractivity contribution in [2.24, 2.45) is 5.73 Å². The average Bonchev–Trinajstić information content (AvgIpc) is 2.02. The first kappa shape index (κ1) is 11.8. The third kappa shape index (κ3) is 9.81. The summed E-state index contributed by atoms with van der Waals surface area (Å²) in [6.07, 6.45) is 2.27. The summed E-state index contributed by atoms with van der Waals surface area (Å²) in [5, 5.41) is 0. The van der Waals surface area contributed by atoms with Crippen LogP contribution in [-0.4, -0.2) is 31.4 Å². The maximum Gasteiger partial charge on any atom is 0.0989 e. The summed E-state index contributed by atoms with van der Waals surface area (Å²) in [5.74, 6) is 0. The van der Waals surface area contributed by atoms with Crippen molar-refractivity contribution in [1.82, 2.24) is 0 Å². The van der Waals surface area contributed by atoms with Crippen LogP contribution in [0.3, 0.4) is 0 Å². The van der Waals surface area contributed by atoms with Crippen LogP contribution in [0.1, 0.15) is 19.8 Å². The summed E-state index contributed by atoms with van der Waals surface area (Å²) in [7, 11) is 0. The molecule has 12 heavy (non-hydrogen) atoms. The highest BCUT2D eigenvalue weighted by Gasteiger charge is 1.90. The van der Waals surface area contributed by atoms with E-state index in [9.17, 15) is 0 Å². The number of rotatable bonds is 8. The Morgan fingerprint density at radius 3 is 2.50 bits per heavy atom. The molecule has 0 unspecified atom stereocenters. The van der Waals surface area contributed by atoms with Crippen LogP contribution in [0.4, 0.5) is 0 Å². The van der Waals surface area contributed by atoms with Crippen molar-refractivity contribution in [3.05, 3.63) is 0 Å². The van der Waals surface area contributed by atoms with Crippen LogP contribution < -0.4 is 5.73 Å². The molecule has 2 N–H and O–H groups in total. The number of hydrogen-bond donors (Lipinski definition) is 1. The van der Waals surface area contributed by atoms with Gasteiger partial charge in [-0.2, -0.15) is 0 Å². The van der Waals surface area contributed by atoms with E-state index in [1.54, 1.807) is 0 Å². The largest absolute Gasteiger partial charge is 0.391 e. The molecule has 3 nitrogen and oxygen atoms in total. The van der Waals surface area contributed by atoms with Crippen LogP contribution in [0.25, 0.3) is 0 Å². The lowest BCUT2D eigenvalue weighted by Crippen LogP contribution is -2.17. The highest BCUT2D eigenvalue weighted by atomic mass is 32.1. The van der Waals surface area contributed by atoms with Gasteiger partial charge in [0.15, 0.2) is 0 Å². The van der Waals surface area contributed by atoms with Crippen molar-refractivity contribution in [3.8, 4) is 0 Å². The zero-order valence-corrected chi connectivity index (χ0v) is 8.36. The van der Waals surface area contributed by atoms with E-state index < -0.39 is 0 Å². The van der Waals surface area contributed by atoms with Gasteiger partial charge in [-0.15, -0.1) is 0 Å². The van der Waals surface area contributed by atoms with Gasteiger partial charge in [-0.25, -0.2) is 0 Å². The summed E-state index contributed by atoms with van der Waals surface area (Å²) in [4.78, 5) is 0.392. The van der Waals surface area contributed by atoms with Crippen molar-refractivity contribution < 1.29 is 9.47 Å². The lowest BCUT2D eigenvalue weighted by atomic mass is 10.4. The van der Waals surface area contributed by atoms with Crippen molar-refractivity contribution in [2.75, 3.05) is 26.4 Å². The molecule has 72 valence electrons. The first-order valence-corrected chi connectivity index (χ1v) is 4.62. The Morgan fingerprint density at radius 1 is 1.25 bits per heavy atom. The van der Waals surface area contributed by atoms with Crippen LogP contribution in [0, 0.1) is 0 Å². The molecule has 0 saturated carbocycles. The van der Waals surface area contributed by atoms with Crippen molar-refractivity contribution in [2.45, 2.75) is 19.8 Å².